The number of rotatable bonds is 8. The molecule has 1 aromatic heterocycles. The Morgan fingerprint density at radius 1 is 1.12 bits per heavy atom. The SMILES string of the molecule is COc1ccc(/C=c2\sc3n(c2=O)C(N)=C(C#N)C(c2ccc(OC)cc2)C=3C(=O)NCCN2CCNCC2)cc1. The van der Waals surface area contributed by atoms with Crippen LogP contribution in [-0.2, 0) is 4.79 Å². The predicted molar refractivity (Wildman–Crippen MR) is 159 cm³/mol. The number of benzene rings is 2. The van der Waals surface area contributed by atoms with Crippen LogP contribution in [0, 0.1) is 11.3 Å². The summed E-state index contributed by atoms with van der Waals surface area (Å²) in [7, 11) is 3.16. The van der Waals surface area contributed by atoms with Crippen molar-refractivity contribution in [2.45, 2.75) is 5.92 Å². The van der Waals surface area contributed by atoms with Gasteiger partial charge in [-0.1, -0.05) is 24.3 Å². The van der Waals surface area contributed by atoms with Crippen LogP contribution in [0.5, 0.6) is 11.5 Å². The van der Waals surface area contributed by atoms with Crippen molar-refractivity contribution < 1.29 is 14.3 Å². The molecule has 1 unspecified atom stereocenters. The van der Waals surface area contributed by atoms with E-state index in [0.29, 0.717) is 44.9 Å². The lowest BCUT2D eigenvalue weighted by molar-refractivity contribution is -0.116. The number of hydrogen-bond acceptors (Lipinski definition) is 9. The molecule has 1 amide bonds. The van der Waals surface area contributed by atoms with Crippen molar-refractivity contribution in [1.29, 1.82) is 5.26 Å². The molecule has 4 N–H and O–H groups in total. The molecule has 1 atom stereocenters. The highest BCUT2D eigenvalue weighted by atomic mass is 32.1. The van der Waals surface area contributed by atoms with Gasteiger partial charge in [0.25, 0.3) is 11.5 Å². The summed E-state index contributed by atoms with van der Waals surface area (Å²) < 4.78 is 12.6. The number of nitrogens with one attached hydrogen (secondary N) is 2. The summed E-state index contributed by atoms with van der Waals surface area (Å²) in [5.41, 5.74) is 8.07. The maximum atomic E-state index is 13.9. The number of carbonyl (C=O) groups is 1. The lowest BCUT2D eigenvalue weighted by Crippen LogP contribution is -2.47. The molecule has 3 heterocycles. The Hall–Kier alpha value is -4.37. The van der Waals surface area contributed by atoms with Crippen LogP contribution in [0.25, 0.3) is 17.5 Å². The van der Waals surface area contributed by atoms with Gasteiger partial charge in [-0.25, -0.2) is 0 Å². The summed E-state index contributed by atoms with van der Waals surface area (Å²) in [6.07, 6.45) is 1.75. The molecule has 0 radical (unpaired) electrons. The van der Waals surface area contributed by atoms with Crippen molar-refractivity contribution in [3.8, 4) is 17.6 Å². The van der Waals surface area contributed by atoms with Crippen LogP contribution in [-0.4, -0.2) is 68.9 Å². The van der Waals surface area contributed by atoms with Crippen LogP contribution >= 0.6 is 11.3 Å². The number of piperazine rings is 1. The van der Waals surface area contributed by atoms with E-state index in [1.807, 2.05) is 36.4 Å². The fourth-order valence-electron chi connectivity index (χ4n) is 5.11. The Morgan fingerprint density at radius 2 is 1.76 bits per heavy atom. The van der Waals surface area contributed by atoms with Crippen molar-refractivity contribution in [3.63, 3.8) is 0 Å². The molecule has 0 saturated carbocycles. The third-order valence-corrected chi connectivity index (χ3v) is 8.41. The molecule has 5 rings (SSSR count). The van der Waals surface area contributed by atoms with E-state index < -0.39 is 5.92 Å². The first-order valence-electron chi connectivity index (χ1n) is 13.3. The lowest BCUT2D eigenvalue weighted by Gasteiger charge is -2.28. The van der Waals surface area contributed by atoms with E-state index in [0.717, 1.165) is 31.7 Å². The van der Waals surface area contributed by atoms with Gasteiger partial charge in [0.05, 0.1) is 41.9 Å². The number of nitriles is 1. The van der Waals surface area contributed by atoms with Crippen molar-refractivity contribution in [3.05, 3.63) is 84.8 Å². The maximum absolute atomic E-state index is 13.9. The largest absolute Gasteiger partial charge is 0.497 e. The van der Waals surface area contributed by atoms with Gasteiger partial charge in [-0.15, -0.1) is 11.3 Å². The summed E-state index contributed by atoms with van der Waals surface area (Å²) in [5, 5.41) is 16.6. The van der Waals surface area contributed by atoms with Crippen LogP contribution in [0.1, 0.15) is 17.0 Å². The van der Waals surface area contributed by atoms with E-state index in [1.54, 1.807) is 32.4 Å². The molecular formula is C30H32N6O4S. The first kappa shape index (κ1) is 28.2. The van der Waals surface area contributed by atoms with Crippen molar-refractivity contribution >= 4 is 34.7 Å². The predicted octanol–water partition coefficient (Wildman–Crippen LogP) is 0.376. The number of methoxy groups -OCH3 is 2. The molecule has 3 aromatic rings. The van der Waals surface area contributed by atoms with Gasteiger partial charge in [0.2, 0.25) is 0 Å². The second-order valence-corrected chi connectivity index (χ2v) is 10.7. The normalized spacial score (nSPS) is 17.6. The topological polar surface area (TPSA) is 135 Å². The van der Waals surface area contributed by atoms with Gasteiger partial charge >= 0.3 is 0 Å². The third-order valence-electron chi connectivity index (χ3n) is 7.30. The average molecular weight is 573 g/mol. The summed E-state index contributed by atoms with van der Waals surface area (Å²) in [5.74, 6) is 0.276. The summed E-state index contributed by atoms with van der Waals surface area (Å²) in [6, 6.07) is 16.7. The van der Waals surface area contributed by atoms with Gasteiger partial charge in [-0.3, -0.25) is 19.1 Å². The second kappa shape index (κ2) is 12.4. The van der Waals surface area contributed by atoms with Crippen LogP contribution in [0.3, 0.4) is 0 Å². The Labute approximate surface area is 241 Å². The van der Waals surface area contributed by atoms with Gasteiger partial charge < -0.3 is 25.8 Å². The molecule has 41 heavy (non-hydrogen) atoms. The molecule has 2 aliphatic heterocycles. The Balaban J connectivity index is 1.64. The van der Waals surface area contributed by atoms with Crippen LogP contribution in [0.2, 0.25) is 0 Å². The number of amides is 1. The van der Waals surface area contributed by atoms with Crippen LogP contribution < -0.4 is 40.6 Å². The molecule has 2 aliphatic rings. The van der Waals surface area contributed by atoms with E-state index >= 15 is 0 Å². The van der Waals surface area contributed by atoms with E-state index in [4.69, 9.17) is 15.2 Å². The number of aromatic nitrogens is 1. The first-order chi connectivity index (χ1) is 19.9. The highest BCUT2D eigenvalue weighted by Gasteiger charge is 2.35. The quantitative estimate of drug-likeness (QED) is 0.353. The zero-order chi connectivity index (χ0) is 28.9. The minimum atomic E-state index is -0.753. The number of nitrogens with zero attached hydrogens (tertiary/aromatic N) is 3. The fourth-order valence-corrected chi connectivity index (χ4v) is 6.28. The number of hydrogen-bond donors (Lipinski definition) is 3. The molecule has 10 nitrogen and oxygen atoms in total. The summed E-state index contributed by atoms with van der Waals surface area (Å²) >= 11 is 1.19. The fraction of sp³-hybridized carbons (Fsp3) is 0.300. The van der Waals surface area contributed by atoms with Gasteiger partial charge in [-0.05, 0) is 41.5 Å². The van der Waals surface area contributed by atoms with Crippen molar-refractivity contribution in [2.24, 2.45) is 5.73 Å². The monoisotopic (exact) mass is 572 g/mol. The van der Waals surface area contributed by atoms with Crippen molar-refractivity contribution in [1.82, 2.24) is 20.1 Å². The zero-order valence-corrected chi connectivity index (χ0v) is 23.8. The summed E-state index contributed by atoms with van der Waals surface area (Å²) in [6.45, 7) is 4.77. The molecule has 11 heteroatoms. The van der Waals surface area contributed by atoms with Crippen LogP contribution in [0.4, 0.5) is 0 Å². The minimum Gasteiger partial charge on any atom is -0.497 e. The average Bonchev–Trinajstić information content (AvgIpc) is 3.33. The third kappa shape index (κ3) is 5.76. The summed E-state index contributed by atoms with van der Waals surface area (Å²) in [4.78, 5) is 29.8. The van der Waals surface area contributed by atoms with E-state index in [-0.39, 0.29) is 22.9 Å². The molecule has 0 aliphatic carbocycles. The zero-order valence-electron chi connectivity index (χ0n) is 23.0. The van der Waals surface area contributed by atoms with Gasteiger partial charge in [-0.2, -0.15) is 5.26 Å². The van der Waals surface area contributed by atoms with E-state index in [9.17, 15) is 14.9 Å². The molecule has 212 valence electrons. The number of fused-ring (bicyclic) bond motifs is 1. The number of thiazole rings is 1. The number of carbonyl (C=O) groups excluding carboxylic acids is 1. The molecule has 1 saturated heterocycles. The second-order valence-electron chi connectivity index (χ2n) is 9.71. The Morgan fingerprint density at radius 3 is 2.37 bits per heavy atom. The number of ether oxygens (including phenoxy) is 2. The van der Waals surface area contributed by atoms with Gasteiger partial charge in [0, 0.05) is 39.3 Å². The number of allylic oxidation sites excluding steroid dienone is 1. The molecule has 0 spiro atoms. The van der Waals surface area contributed by atoms with Crippen LogP contribution in [0.15, 0.2) is 58.9 Å². The highest BCUT2D eigenvalue weighted by Crippen LogP contribution is 2.36. The lowest BCUT2D eigenvalue weighted by atomic mass is 9.83. The number of nitrogens with two attached hydrogens (primary N) is 1. The Bertz CT molecular complexity index is 1680. The van der Waals surface area contributed by atoms with Crippen molar-refractivity contribution in [2.75, 3.05) is 53.5 Å². The van der Waals surface area contributed by atoms with Gasteiger partial charge in [0.15, 0.2) is 0 Å². The molecule has 0 bridgehead atoms. The van der Waals surface area contributed by atoms with E-state index in [2.05, 4.69) is 21.6 Å². The first-order valence-corrected chi connectivity index (χ1v) is 14.1. The minimum absolute atomic E-state index is 0.0244. The highest BCUT2D eigenvalue weighted by molar-refractivity contribution is 7.07. The molecule has 2 aromatic carbocycles. The smallest absolute Gasteiger partial charge is 0.274 e. The standard InChI is InChI=1S/C30H32N6O4S/c1-39-21-7-3-19(4-8-21)17-24-29(38)36-27(32)23(18-31)25(20-5-9-22(40-2)10-6-20)26(30(36)41-24)28(37)34-13-16-35-14-11-33-12-15-35/h3-10,17,25,33H,11-16,32H2,1-2H3,(H,34,37)/b24-17-. The molecular weight excluding hydrogens is 540 g/mol. The molecule has 1 fully saturated rings. The maximum Gasteiger partial charge on any atom is 0.274 e. The van der Waals surface area contributed by atoms with Gasteiger partial charge in [0.1, 0.15) is 22.0 Å². The van der Waals surface area contributed by atoms with E-state index in [1.165, 1.54) is 15.9 Å². The Kier molecular flexibility index (Phi) is 8.54.